The van der Waals surface area contributed by atoms with Crippen molar-refractivity contribution in [1.29, 1.82) is 0 Å². The summed E-state index contributed by atoms with van der Waals surface area (Å²) in [5.41, 5.74) is 7.17. The van der Waals surface area contributed by atoms with Crippen LogP contribution in [0.5, 0.6) is 0 Å². The highest BCUT2D eigenvalue weighted by atomic mass is 35.5. The van der Waals surface area contributed by atoms with Crippen LogP contribution in [0.25, 0.3) is 22.2 Å². The number of aromatic amines is 1. The van der Waals surface area contributed by atoms with Crippen LogP contribution < -0.4 is 0 Å². The maximum atomic E-state index is 6.30. The Morgan fingerprint density at radius 2 is 1.77 bits per heavy atom. The first kappa shape index (κ1) is 12.8. The Morgan fingerprint density at radius 1 is 0.955 bits per heavy atom. The first-order valence-electron chi connectivity index (χ1n) is 8.21. The quantitative estimate of drug-likeness (QED) is 0.520. The summed E-state index contributed by atoms with van der Waals surface area (Å²) >= 11 is 6.30. The molecule has 1 saturated carbocycles. The molecule has 5 rings (SSSR count). The topological polar surface area (TPSA) is 15.8 Å². The van der Waals surface area contributed by atoms with Crippen molar-refractivity contribution in [2.75, 3.05) is 0 Å². The van der Waals surface area contributed by atoms with E-state index in [1.165, 1.54) is 65.4 Å². The number of H-pyrrole nitrogens is 1. The molecule has 22 heavy (non-hydrogen) atoms. The smallest absolute Gasteiger partial charge is 0.0509 e. The van der Waals surface area contributed by atoms with Crippen molar-refractivity contribution < 1.29 is 0 Å². The number of hydrogen-bond acceptors (Lipinski definition) is 0. The molecule has 0 saturated heterocycles. The number of aromatic nitrogens is 1. The summed E-state index contributed by atoms with van der Waals surface area (Å²) in [6.45, 7) is 0. The van der Waals surface area contributed by atoms with Gasteiger partial charge in [-0.15, -0.1) is 0 Å². The van der Waals surface area contributed by atoms with Crippen LogP contribution in [0, 0.1) is 0 Å². The first-order valence-corrected chi connectivity index (χ1v) is 8.59. The van der Waals surface area contributed by atoms with E-state index in [-0.39, 0.29) is 5.41 Å². The van der Waals surface area contributed by atoms with Crippen molar-refractivity contribution in [2.45, 2.75) is 37.5 Å². The summed E-state index contributed by atoms with van der Waals surface area (Å²) in [5.74, 6) is 0. The highest BCUT2D eigenvalue weighted by molar-refractivity contribution is 6.31. The van der Waals surface area contributed by atoms with Gasteiger partial charge < -0.3 is 4.98 Å². The molecule has 1 heterocycles. The Balaban J connectivity index is 1.91. The second kappa shape index (κ2) is 4.39. The van der Waals surface area contributed by atoms with Crippen LogP contribution in [0.15, 0.2) is 42.5 Å². The average Bonchev–Trinajstić information content (AvgIpc) is 3.04. The molecule has 110 valence electrons. The van der Waals surface area contributed by atoms with Gasteiger partial charge in [0.1, 0.15) is 0 Å². The number of halogens is 1. The van der Waals surface area contributed by atoms with Gasteiger partial charge in [-0.1, -0.05) is 55.1 Å². The van der Waals surface area contributed by atoms with E-state index in [1.807, 2.05) is 6.07 Å². The van der Waals surface area contributed by atoms with Crippen LogP contribution in [-0.4, -0.2) is 4.98 Å². The Bertz CT molecular complexity index is 884. The zero-order valence-corrected chi connectivity index (χ0v) is 13.2. The van der Waals surface area contributed by atoms with Gasteiger partial charge in [0.05, 0.1) is 5.69 Å². The number of nitrogens with one attached hydrogen (secondary N) is 1. The fourth-order valence-electron chi connectivity index (χ4n) is 4.79. The third-order valence-electron chi connectivity index (χ3n) is 5.66. The highest BCUT2D eigenvalue weighted by Gasteiger charge is 2.45. The Morgan fingerprint density at radius 3 is 2.64 bits per heavy atom. The molecule has 2 heteroatoms. The Hall–Kier alpha value is -1.73. The maximum Gasteiger partial charge on any atom is 0.0509 e. The second-order valence-electron chi connectivity index (χ2n) is 6.75. The van der Waals surface area contributed by atoms with Gasteiger partial charge in [-0.25, -0.2) is 0 Å². The van der Waals surface area contributed by atoms with Gasteiger partial charge in [-0.2, -0.15) is 0 Å². The van der Waals surface area contributed by atoms with Crippen LogP contribution in [0.2, 0.25) is 5.02 Å². The van der Waals surface area contributed by atoms with Gasteiger partial charge in [-0.05, 0) is 42.2 Å². The molecular formula is C20H18ClN. The molecule has 0 unspecified atom stereocenters. The minimum Gasteiger partial charge on any atom is -0.354 e. The predicted octanol–water partition coefficient (Wildman–Crippen LogP) is 6.05. The van der Waals surface area contributed by atoms with E-state index in [1.54, 1.807) is 0 Å². The van der Waals surface area contributed by atoms with Crippen molar-refractivity contribution in [1.82, 2.24) is 4.98 Å². The lowest BCUT2D eigenvalue weighted by Gasteiger charge is -2.35. The van der Waals surface area contributed by atoms with E-state index in [0.717, 1.165) is 5.02 Å². The standard InChI is InChI=1S/C20H18ClN/c21-13-8-9-17-15(12-13)18-19(22-17)14-6-2-3-7-16(14)20(18)10-4-1-5-11-20/h2-3,6-9,12,22H,1,4-5,10-11H2. The largest absolute Gasteiger partial charge is 0.354 e. The van der Waals surface area contributed by atoms with Crippen molar-refractivity contribution >= 4 is 22.5 Å². The summed E-state index contributed by atoms with van der Waals surface area (Å²) in [6.07, 6.45) is 6.53. The molecule has 0 bridgehead atoms. The van der Waals surface area contributed by atoms with Crippen molar-refractivity contribution in [3.8, 4) is 11.3 Å². The SMILES string of the molecule is Clc1ccc2[nH]c3c(c2c1)C1(CCCCC1)c1ccccc1-3. The van der Waals surface area contributed by atoms with Crippen LogP contribution in [-0.2, 0) is 5.41 Å². The molecule has 1 aromatic heterocycles. The zero-order valence-electron chi connectivity index (χ0n) is 12.5. The third kappa shape index (κ3) is 1.50. The predicted molar refractivity (Wildman–Crippen MR) is 92.6 cm³/mol. The van der Waals surface area contributed by atoms with Crippen LogP contribution in [0.4, 0.5) is 0 Å². The molecule has 0 amide bonds. The average molecular weight is 308 g/mol. The summed E-state index contributed by atoms with van der Waals surface area (Å²) in [7, 11) is 0. The third-order valence-corrected chi connectivity index (χ3v) is 5.89. The van der Waals surface area contributed by atoms with Gasteiger partial charge >= 0.3 is 0 Å². The number of rotatable bonds is 0. The molecule has 1 spiro atoms. The van der Waals surface area contributed by atoms with Crippen molar-refractivity contribution in [3.05, 3.63) is 58.6 Å². The summed E-state index contributed by atoms with van der Waals surface area (Å²) < 4.78 is 0. The van der Waals surface area contributed by atoms with E-state index >= 15 is 0 Å². The number of benzene rings is 2. The lowest BCUT2D eigenvalue weighted by Crippen LogP contribution is -2.27. The van der Waals surface area contributed by atoms with Crippen molar-refractivity contribution in [2.24, 2.45) is 0 Å². The van der Waals surface area contributed by atoms with Gasteiger partial charge in [0.2, 0.25) is 0 Å². The molecule has 2 aliphatic carbocycles. The summed E-state index contributed by atoms with van der Waals surface area (Å²) in [4.78, 5) is 3.67. The Labute approximate surface area is 135 Å². The van der Waals surface area contributed by atoms with Gasteiger partial charge in [0.15, 0.2) is 0 Å². The first-order chi connectivity index (χ1) is 10.8. The molecule has 2 aromatic carbocycles. The summed E-state index contributed by atoms with van der Waals surface area (Å²) in [6, 6.07) is 15.2. The van der Waals surface area contributed by atoms with Crippen LogP contribution in [0.3, 0.4) is 0 Å². The van der Waals surface area contributed by atoms with E-state index in [0.29, 0.717) is 0 Å². The molecule has 1 nitrogen and oxygen atoms in total. The number of fused-ring (bicyclic) bond motifs is 7. The van der Waals surface area contributed by atoms with Gasteiger partial charge in [0.25, 0.3) is 0 Å². The zero-order chi connectivity index (χ0) is 14.7. The van der Waals surface area contributed by atoms with Gasteiger partial charge in [-0.3, -0.25) is 0 Å². The highest BCUT2D eigenvalue weighted by Crippen LogP contribution is 2.57. The molecule has 3 aromatic rings. The van der Waals surface area contributed by atoms with Crippen LogP contribution >= 0.6 is 11.6 Å². The minimum atomic E-state index is 0.201. The molecule has 0 aliphatic heterocycles. The van der Waals surface area contributed by atoms with E-state index in [9.17, 15) is 0 Å². The fraction of sp³-hybridized carbons (Fsp3) is 0.300. The molecule has 1 N–H and O–H groups in total. The van der Waals surface area contributed by atoms with Gasteiger partial charge in [0, 0.05) is 26.9 Å². The second-order valence-corrected chi connectivity index (χ2v) is 7.19. The lowest BCUT2D eigenvalue weighted by atomic mass is 9.67. The van der Waals surface area contributed by atoms with E-state index in [2.05, 4.69) is 41.4 Å². The molecular weight excluding hydrogens is 290 g/mol. The molecule has 0 radical (unpaired) electrons. The fourth-order valence-corrected chi connectivity index (χ4v) is 4.96. The lowest BCUT2D eigenvalue weighted by molar-refractivity contribution is 0.355. The molecule has 0 atom stereocenters. The monoisotopic (exact) mass is 307 g/mol. The molecule has 1 fully saturated rings. The minimum absolute atomic E-state index is 0.201. The Kier molecular flexibility index (Phi) is 2.55. The maximum absolute atomic E-state index is 6.30. The van der Waals surface area contributed by atoms with Crippen LogP contribution in [0.1, 0.15) is 43.2 Å². The summed E-state index contributed by atoms with van der Waals surface area (Å²) in [5, 5.41) is 2.15. The van der Waals surface area contributed by atoms with E-state index in [4.69, 9.17) is 11.6 Å². The molecule has 2 aliphatic rings. The van der Waals surface area contributed by atoms with E-state index < -0.39 is 0 Å². The number of hydrogen-bond donors (Lipinski definition) is 1. The normalized spacial score (nSPS) is 18.6. The van der Waals surface area contributed by atoms with Crippen molar-refractivity contribution in [3.63, 3.8) is 0 Å².